The monoisotopic (exact) mass is 509 g/mol. The molecule has 1 saturated heterocycles. The average molecular weight is 510 g/mol. The largest absolute Gasteiger partial charge is 0.487 e. The van der Waals surface area contributed by atoms with Crippen LogP contribution in [0.25, 0.3) is 0 Å². The SMILES string of the molecule is O=C(NCC(=O)N1CCN(c2ccc(OCc3ccccc3)cn2)CC1)c1ccnc(Br)c1. The molecule has 2 aromatic heterocycles. The molecule has 0 bridgehead atoms. The number of ether oxygens (including phenoxy) is 1. The second-order valence-electron chi connectivity index (χ2n) is 7.54. The summed E-state index contributed by atoms with van der Waals surface area (Å²) in [6.45, 7) is 2.96. The number of carbonyl (C=O) groups excluding carboxylic acids is 2. The van der Waals surface area contributed by atoms with Gasteiger partial charge in [0.1, 0.15) is 22.8 Å². The van der Waals surface area contributed by atoms with Crippen LogP contribution in [0, 0.1) is 0 Å². The van der Waals surface area contributed by atoms with Crippen molar-refractivity contribution in [3.8, 4) is 5.75 Å². The van der Waals surface area contributed by atoms with E-state index in [4.69, 9.17) is 4.74 Å². The van der Waals surface area contributed by atoms with Crippen molar-refractivity contribution in [3.63, 3.8) is 0 Å². The number of pyridine rings is 2. The molecule has 0 aliphatic carbocycles. The molecule has 0 spiro atoms. The third kappa shape index (κ3) is 6.29. The van der Waals surface area contributed by atoms with Gasteiger partial charge in [-0.25, -0.2) is 9.97 Å². The number of halogens is 1. The van der Waals surface area contributed by atoms with Crippen LogP contribution in [0.15, 0.2) is 71.6 Å². The van der Waals surface area contributed by atoms with Crippen molar-refractivity contribution in [2.45, 2.75) is 6.61 Å². The van der Waals surface area contributed by atoms with E-state index >= 15 is 0 Å². The Morgan fingerprint density at radius 1 is 1.00 bits per heavy atom. The van der Waals surface area contributed by atoms with E-state index < -0.39 is 0 Å². The first-order chi connectivity index (χ1) is 16.1. The fourth-order valence-electron chi connectivity index (χ4n) is 3.48. The number of nitrogens with zero attached hydrogens (tertiary/aromatic N) is 4. The van der Waals surface area contributed by atoms with E-state index in [0.29, 0.717) is 48.7 Å². The Morgan fingerprint density at radius 2 is 1.79 bits per heavy atom. The van der Waals surface area contributed by atoms with E-state index in [9.17, 15) is 9.59 Å². The molecule has 8 nitrogen and oxygen atoms in total. The van der Waals surface area contributed by atoms with Crippen molar-refractivity contribution in [3.05, 3.63) is 82.7 Å². The van der Waals surface area contributed by atoms with Crippen molar-refractivity contribution in [2.75, 3.05) is 37.6 Å². The summed E-state index contributed by atoms with van der Waals surface area (Å²) in [5, 5.41) is 2.68. The average Bonchev–Trinajstić information content (AvgIpc) is 2.87. The summed E-state index contributed by atoms with van der Waals surface area (Å²) in [7, 11) is 0. The Bertz CT molecular complexity index is 1090. The highest BCUT2D eigenvalue weighted by Gasteiger charge is 2.22. The second kappa shape index (κ2) is 10.9. The lowest BCUT2D eigenvalue weighted by molar-refractivity contribution is -0.130. The smallest absolute Gasteiger partial charge is 0.251 e. The Kier molecular flexibility index (Phi) is 7.51. The van der Waals surface area contributed by atoms with Gasteiger partial charge in [0.15, 0.2) is 0 Å². The Labute approximate surface area is 200 Å². The number of benzene rings is 1. The van der Waals surface area contributed by atoms with Gasteiger partial charge in [0.25, 0.3) is 5.91 Å². The van der Waals surface area contributed by atoms with Crippen LogP contribution in [0.3, 0.4) is 0 Å². The number of aromatic nitrogens is 2. The third-order valence-corrected chi connectivity index (χ3v) is 5.75. The van der Waals surface area contributed by atoms with Crippen LogP contribution in [0.1, 0.15) is 15.9 Å². The molecule has 170 valence electrons. The Hall–Kier alpha value is -3.46. The molecule has 1 fully saturated rings. The van der Waals surface area contributed by atoms with E-state index in [1.165, 1.54) is 6.20 Å². The lowest BCUT2D eigenvalue weighted by Gasteiger charge is -2.35. The van der Waals surface area contributed by atoms with Gasteiger partial charge < -0.3 is 19.9 Å². The molecule has 0 unspecified atom stereocenters. The van der Waals surface area contributed by atoms with Crippen LogP contribution in [-0.4, -0.2) is 59.4 Å². The van der Waals surface area contributed by atoms with Gasteiger partial charge in [-0.2, -0.15) is 0 Å². The molecule has 2 amide bonds. The normalized spacial score (nSPS) is 13.5. The number of carbonyl (C=O) groups is 2. The highest BCUT2D eigenvalue weighted by molar-refractivity contribution is 9.10. The van der Waals surface area contributed by atoms with Crippen LogP contribution in [0.5, 0.6) is 5.75 Å². The van der Waals surface area contributed by atoms with Gasteiger partial charge in [-0.05, 0) is 45.8 Å². The molecule has 1 aliphatic rings. The number of amides is 2. The Morgan fingerprint density at radius 3 is 2.48 bits per heavy atom. The quantitative estimate of drug-likeness (QED) is 0.492. The first kappa shape index (κ1) is 22.7. The number of piperazine rings is 1. The summed E-state index contributed by atoms with van der Waals surface area (Å²) in [6.07, 6.45) is 3.26. The summed E-state index contributed by atoms with van der Waals surface area (Å²) >= 11 is 3.24. The van der Waals surface area contributed by atoms with Gasteiger partial charge in [-0.3, -0.25) is 9.59 Å². The number of anilines is 1. The molecule has 33 heavy (non-hydrogen) atoms. The van der Waals surface area contributed by atoms with E-state index in [0.717, 1.165) is 11.4 Å². The van der Waals surface area contributed by atoms with Crippen LogP contribution in [0.4, 0.5) is 5.82 Å². The molecule has 3 heterocycles. The second-order valence-corrected chi connectivity index (χ2v) is 8.36. The fourth-order valence-corrected chi connectivity index (χ4v) is 3.85. The van der Waals surface area contributed by atoms with Crippen LogP contribution < -0.4 is 15.0 Å². The summed E-state index contributed by atoms with van der Waals surface area (Å²) in [5.41, 5.74) is 1.56. The van der Waals surface area contributed by atoms with Gasteiger partial charge in [-0.15, -0.1) is 0 Å². The molecule has 0 radical (unpaired) electrons. The zero-order valence-electron chi connectivity index (χ0n) is 18.0. The van der Waals surface area contributed by atoms with Crippen LogP contribution >= 0.6 is 15.9 Å². The van der Waals surface area contributed by atoms with Gasteiger partial charge in [-0.1, -0.05) is 30.3 Å². The topological polar surface area (TPSA) is 87.7 Å². The van der Waals surface area contributed by atoms with Crippen LogP contribution in [0.2, 0.25) is 0 Å². The molecule has 4 rings (SSSR count). The number of hydrogen-bond acceptors (Lipinski definition) is 6. The van der Waals surface area contributed by atoms with Crippen LogP contribution in [-0.2, 0) is 11.4 Å². The predicted octanol–water partition coefficient (Wildman–Crippen LogP) is 2.90. The van der Waals surface area contributed by atoms with Crippen molar-refractivity contribution in [1.29, 1.82) is 0 Å². The molecule has 0 saturated carbocycles. The molecular formula is C24H24BrN5O3. The summed E-state index contributed by atoms with van der Waals surface area (Å²) in [6, 6.07) is 17.1. The van der Waals surface area contributed by atoms with E-state index in [1.807, 2.05) is 42.5 Å². The maximum Gasteiger partial charge on any atom is 0.251 e. The van der Waals surface area contributed by atoms with Crippen molar-refractivity contribution in [1.82, 2.24) is 20.2 Å². The summed E-state index contributed by atoms with van der Waals surface area (Å²) in [4.78, 5) is 37.1. The number of hydrogen-bond donors (Lipinski definition) is 1. The zero-order chi connectivity index (χ0) is 23.0. The van der Waals surface area contributed by atoms with E-state index in [-0.39, 0.29) is 18.4 Å². The highest BCUT2D eigenvalue weighted by atomic mass is 79.9. The minimum absolute atomic E-state index is 0.0372. The molecular weight excluding hydrogens is 486 g/mol. The number of rotatable bonds is 7. The van der Waals surface area contributed by atoms with Crippen molar-refractivity contribution in [2.24, 2.45) is 0 Å². The van der Waals surface area contributed by atoms with Crippen molar-refractivity contribution < 1.29 is 14.3 Å². The first-order valence-electron chi connectivity index (χ1n) is 10.6. The molecule has 0 atom stereocenters. The minimum Gasteiger partial charge on any atom is -0.487 e. The summed E-state index contributed by atoms with van der Waals surface area (Å²) in [5.74, 6) is 1.16. The maximum absolute atomic E-state index is 12.5. The predicted molar refractivity (Wildman–Crippen MR) is 128 cm³/mol. The minimum atomic E-state index is -0.302. The first-order valence-corrected chi connectivity index (χ1v) is 11.4. The van der Waals surface area contributed by atoms with Gasteiger partial charge in [0.2, 0.25) is 5.91 Å². The third-order valence-electron chi connectivity index (χ3n) is 5.31. The lowest BCUT2D eigenvalue weighted by Crippen LogP contribution is -2.51. The maximum atomic E-state index is 12.5. The molecule has 3 aromatic rings. The zero-order valence-corrected chi connectivity index (χ0v) is 19.6. The molecule has 1 aliphatic heterocycles. The molecule has 1 N–H and O–H groups in total. The highest BCUT2D eigenvalue weighted by Crippen LogP contribution is 2.18. The Balaban J connectivity index is 1.22. The molecule has 9 heteroatoms. The fraction of sp³-hybridized carbons (Fsp3) is 0.250. The van der Waals surface area contributed by atoms with Gasteiger partial charge in [0, 0.05) is 37.9 Å². The summed E-state index contributed by atoms with van der Waals surface area (Å²) < 4.78 is 6.36. The van der Waals surface area contributed by atoms with E-state index in [1.54, 1.807) is 23.2 Å². The lowest BCUT2D eigenvalue weighted by atomic mass is 10.2. The van der Waals surface area contributed by atoms with Gasteiger partial charge >= 0.3 is 0 Å². The van der Waals surface area contributed by atoms with E-state index in [2.05, 4.69) is 36.1 Å². The van der Waals surface area contributed by atoms with Gasteiger partial charge in [0.05, 0.1) is 12.7 Å². The number of nitrogens with one attached hydrogen (secondary N) is 1. The standard InChI is InChI=1S/C24H24BrN5O3/c25-21-14-19(8-9-26-21)24(32)28-16-23(31)30-12-10-29(11-13-30)22-7-6-20(15-27-22)33-17-18-4-2-1-3-5-18/h1-9,14-15H,10-13,16-17H2,(H,28,32). The molecule has 1 aromatic carbocycles. The van der Waals surface area contributed by atoms with Crippen molar-refractivity contribution >= 4 is 33.6 Å².